The summed E-state index contributed by atoms with van der Waals surface area (Å²) in [5.74, 6) is 4.61. The fourth-order valence-electron chi connectivity index (χ4n) is 0.170. The van der Waals surface area contributed by atoms with Gasteiger partial charge in [0.05, 0.1) is 6.61 Å². The molecular weight excluding hydrogens is 96.0 g/mol. The van der Waals surface area contributed by atoms with E-state index in [-0.39, 0.29) is 12.6 Å². The molecule has 1 atom stereocenters. The predicted molar refractivity (Wildman–Crippen MR) is 25.4 cm³/mol. The van der Waals surface area contributed by atoms with Crippen molar-refractivity contribution in [1.29, 1.82) is 0 Å². The lowest BCUT2D eigenvalue weighted by Gasteiger charge is -1.94. The minimum absolute atomic E-state index is 0.198. The van der Waals surface area contributed by atoms with Crippen LogP contribution in [0.5, 0.6) is 0 Å². The maximum absolute atomic E-state index is 9.51. The zero-order valence-electron chi connectivity index (χ0n) is 4.13. The molecule has 0 aromatic rings. The molecule has 0 rings (SSSR count). The van der Waals surface area contributed by atoms with E-state index in [4.69, 9.17) is 0 Å². The monoisotopic (exact) mass is 104 g/mol. The van der Waals surface area contributed by atoms with Crippen LogP contribution < -0.4 is 5.90 Å². The molecule has 4 heteroatoms. The molecule has 0 fully saturated rings. The summed E-state index contributed by atoms with van der Waals surface area (Å²) in [5, 5.41) is 2.62. The van der Waals surface area contributed by atoms with E-state index in [1.54, 1.807) is 6.92 Å². The van der Waals surface area contributed by atoms with Crippen LogP contribution in [0.4, 0.5) is 0 Å². The smallest absolute Gasteiger partial charge is 0.114 e. The SMILES string of the molecule is CC(CON)N=O. The number of nitrogens with zero attached hydrogens (tertiary/aromatic N) is 1. The van der Waals surface area contributed by atoms with Crippen molar-refractivity contribution >= 4 is 0 Å². The molecule has 0 aromatic heterocycles. The zero-order valence-corrected chi connectivity index (χ0v) is 4.13. The average Bonchev–Trinajstić information content (AvgIpc) is 1.68. The summed E-state index contributed by atoms with van der Waals surface area (Å²) < 4.78 is 0. The van der Waals surface area contributed by atoms with E-state index in [2.05, 4.69) is 15.9 Å². The second-order valence-electron chi connectivity index (χ2n) is 1.29. The van der Waals surface area contributed by atoms with Crippen molar-refractivity contribution in [1.82, 2.24) is 0 Å². The Morgan fingerprint density at radius 2 is 2.57 bits per heavy atom. The highest BCUT2D eigenvalue weighted by molar-refractivity contribution is 4.53. The third-order valence-electron chi connectivity index (χ3n) is 0.517. The maximum atomic E-state index is 9.51. The van der Waals surface area contributed by atoms with Gasteiger partial charge in [-0.15, -0.1) is 0 Å². The fourth-order valence-corrected chi connectivity index (χ4v) is 0.170. The quantitative estimate of drug-likeness (QED) is 0.406. The highest BCUT2D eigenvalue weighted by Crippen LogP contribution is 1.84. The van der Waals surface area contributed by atoms with Crippen LogP contribution >= 0.6 is 0 Å². The molecule has 0 aliphatic carbocycles. The molecule has 0 bridgehead atoms. The predicted octanol–water partition coefficient (Wildman–Crippen LogP) is 0.0316. The summed E-state index contributed by atoms with van der Waals surface area (Å²) >= 11 is 0. The Labute approximate surface area is 41.6 Å². The van der Waals surface area contributed by atoms with Crippen molar-refractivity contribution in [3.05, 3.63) is 4.91 Å². The van der Waals surface area contributed by atoms with E-state index in [0.717, 1.165) is 0 Å². The molecule has 0 spiro atoms. The summed E-state index contributed by atoms with van der Waals surface area (Å²) in [6.07, 6.45) is 0. The Morgan fingerprint density at radius 1 is 2.00 bits per heavy atom. The molecule has 4 nitrogen and oxygen atoms in total. The number of nitroso groups, excluding NO2 is 1. The van der Waals surface area contributed by atoms with Crippen molar-refractivity contribution in [3.8, 4) is 0 Å². The van der Waals surface area contributed by atoms with E-state index < -0.39 is 0 Å². The van der Waals surface area contributed by atoms with Crippen molar-refractivity contribution in [2.24, 2.45) is 11.1 Å². The molecule has 0 saturated heterocycles. The molecule has 42 valence electrons. The Kier molecular flexibility index (Phi) is 3.45. The lowest BCUT2D eigenvalue weighted by molar-refractivity contribution is 0.128. The first-order chi connectivity index (χ1) is 3.31. The van der Waals surface area contributed by atoms with Crippen LogP contribution in [0.2, 0.25) is 0 Å². The summed E-state index contributed by atoms with van der Waals surface area (Å²) in [6.45, 7) is 1.82. The maximum Gasteiger partial charge on any atom is 0.114 e. The molecule has 2 N–H and O–H groups in total. The Morgan fingerprint density at radius 3 is 2.71 bits per heavy atom. The van der Waals surface area contributed by atoms with Gasteiger partial charge < -0.3 is 4.84 Å². The van der Waals surface area contributed by atoms with Gasteiger partial charge in [0.15, 0.2) is 0 Å². The molecule has 0 amide bonds. The van der Waals surface area contributed by atoms with Crippen LogP contribution in [-0.4, -0.2) is 12.6 Å². The molecule has 0 saturated carbocycles. The van der Waals surface area contributed by atoms with Crippen LogP contribution in [0, 0.1) is 4.91 Å². The second-order valence-corrected chi connectivity index (χ2v) is 1.29. The first kappa shape index (κ1) is 6.52. The van der Waals surface area contributed by atoms with E-state index in [0.29, 0.717) is 0 Å². The van der Waals surface area contributed by atoms with Gasteiger partial charge in [0.1, 0.15) is 6.04 Å². The summed E-state index contributed by atoms with van der Waals surface area (Å²) in [7, 11) is 0. The van der Waals surface area contributed by atoms with Gasteiger partial charge in [-0.3, -0.25) is 0 Å². The van der Waals surface area contributed by atoms with E-state index in [1.165, 1.54) is 0 Å². The summed E-state index contributed by atoms with van der Waals surface area (Å²) in [4.78, 5) is 13.6. The molecule has 7 heavy (non-hydrogen) atoms. The number of hydrogen-bond donors (Lipinski definition) is 1. The van der Waals surface area contributed by atoms with Gasteiger partial charge in [-0.2, -0.15) is 4.91 Å². The third kappa shape index (κ3) is 3.35. The van der Waals surface area contributed by atoms with Gasteiger partial charge in [-0.25, -0.2) is 5.90 Å². The van der Waals surface area contributed by atoms with Gasteiger partial charge in [-0.05, 0) is 6.92 Å². The highest BCUT2D eigenvalue weighted by Gasteiger charge is 1.95. The second kappa shape index (κ2) is 3.70. The van der Waals surface area contributed by atoms with Crippen LogP contribution in [0.3, 0.4) is 0 Å². The number of rotatable bonds is 3. The molecule has 0 aliphatic rings. The zero-order chi connectivity index (χ0) is 5.70. The lowest BCUT2D eigenvalue weighted by Crippen LogP contribution is -2.11. The molecule has 0 aromatic carbocycles. The van der Waals surface area contributed by atoms with Crippen LogP contribution in [0.25, 0.3) is 0 Å². The van der Waals surface area contributed by atoms with Crippen LogP contribution in [0.15, 0.2) is 5.18 Å². The van der Waals surface area contributed by atoms with Crippen molar-refractivity contribution in [3.63, 3.8) is 0 Å². The molecule has 1 unspecified atom stereocenters. The summed E-state index contributed by atoms with van der Waals surface area (Å²) in [5.41, 5.74) is 0. The Hall–Kier alpha value is -0.480. The van der Waals surface area contributed by atoms with Gasteiger partial charge in [-0.1, -0.05) is 5.18 Å². The van der Waals surface area contributed by atoms with Crippen molar-refractivity contribution in [2.75, 3.05) is 6.61 Å². The van der Waals surface area contributed by atoms with Crippen molar-refractivity contribution < 1.29 is 4.84 Å². The van der Waals surface area contributed by atoms with Crippen molar-refractivity contribution in [2.45, 2.75) is 13.0 Å². The minimum Gasteiger partial charge on any atom is -0.302 e. The van der Waals surface area contributed by atoms with Gasteiger partial charge >= 0.3 is 0 Å². The highest BCUT2D eigenvalue weighted by atomic mass is 16.6. The molecule has 0 heterocycles. The molecular formula is C3H8N2O2. The third-order valence-corrected chi connectivity index (χ3v) is 0.517. The van der Waals surface area contributed by atoms with E-state index in [9.17, 15) is 4.91 Å². The van der Waals surface area contributed by atoms with Crippen LogP contribution in [-0.2, 0) is 4.84 Å². The number of hydrogen-bond acceptors (Lipinski definition) is 4. The largest absolute Gasteiger partial charge is 0.302 e. The lowest BCUT2D eigenvalue weighted by atomic mass is 10.4. The van der Waals surface area contributed by atoms with E-state index >= 15 is 0 Å². The molecule has 0 aliphatic heterocycles. The topological polar surface area (TPSA) is 64.7 Å². The Balaban J connectivity index is 2.98. The average molecular weight is 104 g/mol. The van der Waals surface area contributed by atoms with Gasteiger partial charge in [0.25, 0.3) is 0 Å². The van der Waals surface area contributed by atoms with Gasteiger partial charge in [0.2, 0.25) is 0 Å². The molecule has 0 radical (unpaired) electrons. The van der Waals surface area contributed by atoms with E-state index in [1.807, 2.05) is 0 Å². The standard InChI is InChI=1S/C3H8N2O2/c1-3(5-6)2-7-4/h3H,2,4H2,1H3. The normalized spacial score (nSPS) is 13.4. The van der Waals surface area contributed by atoms with Crippen LogP contribution in [0.1, 0.15) is 6.92 Å². The minimum atomic E-state index is -0.329. The van der Waals surface area contributed by atoms with Gasteiger partial charge in [0, 0.05) is 0 Å². The summed E-state index contributed by atoms with van der Waals surface area (Å²) in [6, 6.07) is -0.329. The number of nitrogens with two attached hydrogens (primary N) is 1. The first-order valence-corrected chi connectivity index (χ1v) is 1.95. The Bertz CT molecular complexity index is 56.9. The fraction of sp³-hybridized carbons (Fsp3) is 1.00. The first-order valence-electron chi connectivity index (χ1n) is 1.95.